The van der Waals surface area contributed by atoms with Crippen molar-refractivity contribution in [3.8, 4) is 22.3 Å². The Morgan fingerprint density at radius 1 is 0.305 bits per heavy atom. The predicted octanol–water partition coefficient (Wildman–Crippen LogP) is 34.4. The fraction of sp³-hybridized carbons (Fsp3) is 0.414. The lowest BCUT2D eigenvalue weighted by atomic mass is 9.84. The average Bonchev–Trinajstić information content (AvgIpc) is 1.63. The molecule has 0 bridgehead atoms. The van der Waals surface area contributed by atoms with Gasteiger partial charge in [-0.3, -0.25) is 0 Å². The fourth-order valence-corrected chi connectivity index (χ4v) is 14.9. The van der Waals surface area contributed by atoms with E-state index in [1.165, 1.54) is 195 Å². The summed E-state index contributed by atoms with van der Waals surface area (Å²) < 4.78 is 0. The van der Waals surface area contributed by atoms with Gasteiger partial charge in [-0.1, -0.05) is 443 Å². The van der Waals surface area contributed by atoms with Crippen LogP contribution in [-0.4, -0.2) is 9.97 Å². The third kappa shape index (κ3) is 41.4. The molecule has 2 aromatic heterocycles. The molecule has 118 heavy (non-hydrogen) atoms. The van der Waals surface area contributed by atoms with Gasteiger partial charge in [0.1, 0.15) is 0 Å². The Bertz CT molecular complexity index is 4670. The van der Waals surface area contributed by atoms with E-state index in [-0.39, 0.29) is 0 Å². The van der Waals surface area contributed by atoms with Gasteiger partial charge in [0.2, 0.25) is 0 Å². The van der Waals surface area contributed by atoms with E-state index in [4.69, 9.17) is 0 Å². The highest BCUT2D eigenvalue weighted by atomic mass is 14.7. The number of aromatic nitrogens is 2. The molecule has 13 aromatic rings. The van der Waals surface area contributed by atoms with Gasteiger partial charge in [-0.2, -0.15) is 0 Å². The molecule has 1 fully saturated rings. The molecule has 0 saturated heterocycles. The molecule has 11 aromatic carbocycles. The Hall–Kier alpha value is -9.24. The smallest absolute Gasteiger partial charge is 0.0456 e. The summed E-state index contributed by atoms with van der Waals surface area (Å²) in [6.07, 6.45) is 26.3. The molecular weight excluding hydrogens is 1420 g/mol. The number of hydrogen-bond donors (Lipinski definition) is 2. The second-order valence-electron chi connectivity index (χ2n) is 38.7. The van der Waals surface area contributed by atoms with Gasteiger partial charge >= 0.3 is 0 Å². The van der Waals surface area contributed by atoms with Gasteiger partial charge in [-0.25, -0.2) is 0 Å². The number of hydrogen-bond acceptors (Lipinski definition) is 0. The molecule has 630 valence electrons. The summed E-state index contributed by atoms with van der Waals surface area (Å²) >= 11 is 0. The van der Waals surface area contributed by atoms with E-state index in [2.05, 4.69) is 441 Å². The Kier molecular flexibility index (Phi) is 44.1. The highest BCUT2D eigenvalue weighted by Crippen LogP contribution is 2.31. The Morgan fingerprint density at radius 2 is 0.720 bits per heavy atom. The highest BCUT2D eigenvalue weighted by molar-refractivity contribution is 5.86. The zero-order valence-corrected chi connectivity index (χ0v) is 77.4. The minimum atomic E-state index is 0.352. The SMILES string of the molecule is CC(C)(C)Cc1c[nH]c2ccccc12.CC(C)(C)Cc1ccc[nH]1.CC(C)CC1CCCCC1.CC(C)CCc1ccc(-c2ccccc2)cc1.CC(C)CCc1ccccc1.CC(C)Cc1ccc(-c2ccccc2)cc1.CC(C)Cc1ccc2ccccc2c1.CC(C)Cc1cccc2ccccc12.Cc1ccc(CCC(C)C)cc1. The van der Waals surface area contributed by atoms with Crippen molar-refractivity contribution >= 4 is 32.4 Å². The van der Waals surface area contributed by atoms with E-state index in [0.29, 0.717) is 10.8 Å². The monoisotopic (exact) mass is 1580 g/mol. The quantitative estimate of drug-likeness (QED) is 0.0719. The maximum absolute atomic E-state index is 3.31. The van der Waals surface area contributed by atoms with Crippen LogP contribution in [0.4, 0.5) is 0 Å². The van der Waals surface area contributed by atoms with E-state index in [9.17, 15) is 0 Å². The lowest BCUT2D eigenvalue weighted by molar-refractivity contribution is 0.305. The van der Waals surface area contributed by atoms with Crippen LogP contribution in [0.2, 0.25) is 0 Å². The first-order chi connectivity index (χ1) is 56.4. The van der Waals surface area contributed by atoms with E-state index in [0.717, 1.165) is 66.6 Å². The van der Waals surface area contributed by atoms with Crippen molar-refractivity contribution in [3.63, 3.8) is 0 Å². The number of aromatic amines is 2. The first-order valence-corrected chi connectivity index (χ1v) is 45.4. The van der Waals surface area contributed by atoms with Gasteiger partial charge in [0.15, 0.2) is 0 Å². The van der Waals surface area contributed by atoms with Crippen LogP contribution in [0.3, 0.4) is 0 Å². The second kappa shape index (κ2) is 53.3. The molecule has 1 aliphatic carbocycles. The average molecular weight is 1580 g/mol. The predicted molar refractivity (Wildman–Crippen MR) is 526 cm³/mol. The fourth-order valence-electron chi connectivity index (χ4n) is 14.9. The molecule has 0 atom stereocenters. The molecule has 1 saturated carbocycles. The van der Waals surface area contributed by atoms with Gasteiger partial charge in [0.05, 0.1) is 0 Å². The van der Waals surface area contributed by atoms with Crippen LogP contribution in [-0.2, 0) is 51.4 Å². The van der Waals surface area contributed by atoms with Crippen molar-refractivity contribution in [1.82, 2.24) is 9.97 Å². The van der Waals surface area contributed by atoms with Crippen LogP contribution < -0.4 is 0 Å². The summed E-state index contributed by atoms with van der Waals surface area (Å²) in [6.45, 7) is 47.6. The second-order valence-corrected chi connectivity index (χ2v) is 38.7. The number of H-pyrrole nitrogens is 2. The Morgan fingerprint density at radius 3 is 1.20 bits per heavy atom. The summed E-state index contributed by atoms with van der Waals surface area (Å²) in [6, 6.07) is 102. The molecule has 0 unspecified atom stereocenters. The topological polar surface area (TPSA) is 31.6 Å². The molecule has 2 heteroatoms. The minimum absolute atomic E-state index is 0.352. The maximum Gasteiger partial charge on any atom is 0.0456 e. The van der Waals surface area contributed by atoms with Crippen molar-refractivity contribution in [2.75, 3.05) is 0 Å². The molecule has 14 rings (SSSR count). The molecule has 0 radical (unpaired) electrons. The molecule has 2 nitrogen and oxygen atoms in total. The number of aryl methyl sites for hydroxylation is 4. The highest BCUT2D eigenvalue weighted by Gasteiger charge is 2.16. The summed E-state index contributed by atoms with van der Waals surface area (Å²) in [5, 5.41) is 6.81. The molecule has 1 aliphatic rings. The van der Waals surface area contributed by atoms with Gasteiger partial charge in [0.25, 0.3) is 0 Å². The number of rotatable bonds is 21. The lowest BCUT2D eigenvalue weighted by Crippen LogP contribution is -2.08. The molecule has 2 N–H and O–H groups in total. The van der Waals surface area contributed by atoms with Crippen molar-refractivity contribution < 1.29 is 0 Å². The molecular formula is C116H156N2. The van der Waals surface area contributed by atoms with Gasteiger partial charge in [0, 0.05) is 29.0 Å². The third-order valence-corrected chi connectivity index (χ3v) is 21.0. The van der Waals surface area contributed by atoms with Crippen LogP contribution in [0.1, 0.15) is 246 Å². The third-order valence-electron chi connectivity index (χ3n) is 21.0. The van der Waals surface area contributed by atoms with Crippen LogP contribution in [0, 0.1) is 65.1 Å². The first kappa shape index (κ1) is 97.6. The van der Waals surface area contributed by atoms with Gasteiger partial charge in [-0.05, 0) is 243 Å². The van der Waals surface area contributed by atoms with Crippen LogP contribution in [0.5, 0.6) is 0 Å². The van der Waals surface area contributed by atoms with E-state index < -0.39 is 0 Å². The van der Waals surface area contributed by atoms with Crippen molar-refractivity contribution in [3.05, 3.63) is 348 Å². The Balaban J connectivity index is 0.000000207. The number of para-hydroxylation sites is 1. The standard InChI is InChI=1S/C17H20.C16H18.2C14H16.C13H17N.C12H18.C11H16.C10H20.C9H15N/c1-14(2)8-9-15-10-12-17(13-11-15)16-6-4-3-5-7-16;1-13(2)12-14-8-10-16(11-9-14)15-6-4-3-5-7-15;1-11(2)10-13-8-5-7-12-6-3-4-9-14(12)13;1-11(2)9-12-7-8-13-5-3-4-6-14(13)10-12;1-13(2,3)8-10-9-14-12-7-5-4-6-11(10)12;1-10(2)4-7-12-8-5-11(3)6-9-12;1-10(2)8-9-11-6-4-3-5-7-11;1-9(2)8-10-6-4-3-5-7-10;1-9(2,3)7-8-5-4-6-10-8/h3-7,10-14H,8-9H2,1-2H3;3-11,13H,12H2,1-2H3;3-9,11H,10H2,1-2H3;3-8,10-11H,9H2,1-2H3;4-7,9,14H,8H2,1-3H3;5-6,8-10H,4,7H2,1-3H3;3-7,10H,8-9H2,1-2H3;9-10H,3-8H2,1-2H3;4-6,10H,7H2,1-3H3. The zero-order chi connectivity index (χ0) is 85.7. The molecule has 0 aliphatic heterocycles. The summed E-state index contributed by atoms with van der Waals surface area (Å²) in [5.74, 6) is 6.58. The normalized spacial score (nSPS) is 12.0. The zero-order valence-electron chi connectivity index (χ0n) is 77.4. The largest absolute Gasteiger partial charge is 0.365 e. The summed E-state index contributed by atoms with van der Waals surface area (Å²) in [4.78, 5) is 6.50. The summed E-state index contributed by atoms with van der Waals surface area (Å²) in [5.41, 5.74) is 20.0. The molecule has 2 heterocycles. The summed E-state index contributed by atoms with van der Waals surface area (Å²) in [7, 11) is 0. The van der Waals surface area contributed by atoms with E-state index in [1.807, 2.05) is 12.3 Å². The van der Waals surface area contributed by atoms with E-state index >= 15 is 0 Å². The van der Waals surface area contributed by atoms with Crippen LogP contribution >= 0.6 is 0 Å². The lowest BCUT2D eigenvalue weighted by Gasteiger charge is -2.22. The van der Waals surface area contributed by atoms with Crippen molar-refractivity contribution in [2.24, 2.45) is 58.2 Å². The number of fused-ring (bicyclic) bond motifs is 3. The van der Waals surface area contributed by atoms with Crippen LogP contribution in [0.25, 0.3) is 54.7 Å². The van der Waals surface area contributed by atoms with Gasteiger partial charge < -0.3 is 9.97 Å². The minimum Gasteiger partial charge on any atom is -0.365 e. The first-order valence-electron chi connectivity index (χ1n) is 45.4. The number of nitrogens with one attached hydrogen (secondary N) is 2. The van der Waals surface area contributed by atoms with E-state index in [1.54, 1.807) is 0 Å². The van der Waals surface area contributed by atoms with Crippen molar-refractivity contribution in [1.29, 1.82) is 0 Å². The van der Waals surface area contributed by atoms with Crippen LogP contribution in [0.15, 0.2) is 298 Å². The Labute approximate surface area is 720 Å². The molecule has 0 amide bonds. The van der Waals surface area contributed by atoms with Gasteiger partial charge in [-0.15, -0.1) is 0 Å². The maximum atomic E-state index is 3.31. The van der Waals surface area contributed by atoms with Crippen molar-refractivity contribution in [2.45, 2.75) is 255 Å². The number of benzene rings is 11. The molecule has 0 spiro atoms.